The minimum atomic E-state index is -0.308. The summed E-state index contributed by atoms with van der Waals surface area (Å²) in [6.07, 6.45) is 6.12. The Balaban J connectivity index is 1.54. The van der Waals surface area contributed by atoms with E-state index in [1.165, 1.54) is 0 Å². The fraction of sp³-hybridized carbons (Fsp3) is 0.438. The Labute approximate surface area is 137 Å². The third kappa shape index (κ3) is 2.17. The molecule has 0 spiro atoms. The number of rotatable bonds is 3. The molecule has 1 unspecified atom stereocenters. The number of carbonyl (C=O) groups is 1. The first-order chi connectivity index (χ1) is 10.7. The first kappa shape index (κ1) is 13.9. The second-order valence-electron chi connectivity index (χ2n) is 6.13. The molecule has 1 aliphatic carbocycles. The topological polar surface area (TPSA) is 51.0 Å². The zero-order chi connectivity index (χ0) is 15.2. The zero-order valence-corrected chi connectivity index (χ0v) is 13.7. The fourth-order valence-electron chi connectivity index (χ4n) is 3.42. The first-order valence-corrected chi connectivity index (χ1v) is 8.38. The van der Waals surface area contributed by atoms with Crippen molar-refractivity contribution in [2.45, 2.75) is 30.7 Å². The molecule has 1 aromatic heterocycles. The lowest BCUT2D eigenvalue weighted by molar-refractivity contribution is -0.133. The maximum atomic E-state index is 13.1. The first-order valence-electron chi connectivity index (χ1n) is 7.59. The predicted octanol–water partition coefficient (Wildman–Crippen LogP) is 2.55. The molecule has 0 bridgehead atoms. The quantitative estimate of drug-likeness (QED) is 0.844. The standard InChI is InChI=1S/C16H17BrN4O/c17-14-4-2-1-3-13(14)16(6-7-16)15(22)20-8-5-12(9-20)21-11-18-10-19-21/h1-4,10-12H,5-9H2. The van der Waals surface area contributed by atoms with E-state index < -0.39 is 0 Å². The molecule has 2 fully saturated rings. The molecule has 2 heterocycles. The number of halogens is 1. The number of nitrogens with zero attached hydrogens (tertiary/aromatic N) is 4. The molecule has 4 rings (SSSR count). The van der Waals surface area contributed by atoms with Crippen LogP contribution in [-0.2, 0) is 10.2 Å². The maximum Gasteiger partial charge on any atom is 0.233 e. The van der Waals surface area contributed by atoms with E-state index in [2.05, 4.69) is 32.1 Å². The maximum absolute atomic E-state index is 13.1. The molecular formula is C16H17BrN4O. The SMILES string of the molecule is O=C(N1CCC(n2cncn2)C1)C1(c2ccccc2Br)CC1. The number of hydrogen-bond donors (Lipinski definition) is 0. The molecular weight excluding hydrogens is 344 g/mol. The molecule has 0 N–H and O–H groups in total. The Morgan fingerprint density at radius 1 is 1.32 bits per heavy atom. The van der Waals surface area contributed by atoms with Crippen molar-refractivity contribution in [1.82, 2.24) is 19.7 Å². The van der Waals surface area contributed by atoms with Gasteiger partial charge in [0, 0.05) is 17.6 Å². The van der Waals surface area contributed by atoms with Crippen LogP contribution in [0.25, 0.3) is 0 Å². The van der Waals surface area contributed by atoms with Crippen molar-refractivity contribution in [3.63, 3.8) is 0 Å². The summed E-state index contributed by atoms with van der Waals surface area (Å²) in [6, 6.07) is 8.34. The van der Waals surface area contributed by atoms with E-state index in [4.69, 9.17) is 0 Å². The van der Waals surface area contributed by atoms with Gasteiger partial charge in [0.2, 0.25) is 5.91 Å². The van der Waals surface area contributed by atoms with Gasteiger partial charge in [-0.3, -0.25) is 4.79 Å². The van der Waals surface area contributed by atoms with Crippen molar-refractivity contribution < 1.29 is 4.79 Å². The molecule has 1 atom stereocenters. The molecule has 22 heavy (non-hydrogen) atoms. The van der Waals surface area contributed by atoms with Crippen LogP contribution in [0, 0.1) is 0 Å². The lowest BCUT2D eigenvalue weighted by Gasteiger charge is -2.24. The van der Waals surface area contributed by atoms with Crippen molar-refractivity contribution >= 4 is 21.8 Å². The van der Waals surface area contributed by atoms with Crippen LogP contribution in [0.5, 0.6) is 0 Å². The number of amides is 1. The van der Waals surface area contributed by atoms with Crippen LogP contribution in [0.3, 0.4) is 0 Å². The van der Waals surface area contributed by atoms with Crippen LogP contribution < -0.4 is 0 Å². The van der Waals surface area contributed by atoms with Gasteiger partial charge in [-0.15, -0.1) is 0 Å². The normalized spacial score (nSPS) is 22.8. The van der Waals surface area contributed by atoms with Gasteiger partial charge in [-0.1, -0.05) is 34.1 Å². The second-order valence-corrected chi connectivity index (χ2v) is 6.99. The van der Waals surface area contributed by atoms with Gasteiger partial charge >= 0.3 is 0 Å². The van der Waals surface area contributed by atoms with Gasteiger partial charge in [-0.2, -0.15) is 5.10 Å². The summed E-state index contributed by atoms with van der Waals surface area (Å²) in [5, 5.41) is 4.20. The molecule has 0 radical (unpaired) electrons. The van der Waals surface area contributed by atoms with Crippen LogP contribution >= 0.6 is 15.9 Å². The average Bonchev–Trinajstić information content (AvgIpc) is 2.96. The molecule has 1 saturated heterocycles. The van der Waals surface area contributed by atoms with E-state index in [9.17, 15) is 4.79 Å². The second kappa shape index (κ2) is 5.19. The summed E-state index contributed by atoms with van der Waals surface area (Å²) in [5.74, 6) is 0.266. The molecule has 5 nitrogen and oxygen atoms in total. The highest BCUT2D eigenvalue weighted by atomic mass is 79.9. The highest BCUT2D eigenvalue weighted by molar-refractivity contribution is 9.10. The van der Waals surface area contributed by atoms with Crippen molar-refractivity contribution in [3.8, 4) is 0 Å². The lowest BCUT2D eigenvalue weighted by atomic mass is 9.94. The molecule has 1 aromatic carbocycles. The van der Waals surface area contributed by atoms with E-state index in [1.54, 1.807) is 12.7 Å². The van der Waals surface area contributed by atoms with Gasteiger partial charge in [0.25, 0.3) is 0 Å². The predicted molar refractivity (Wildman–Crippen MR) is 85.3 cm³/mol. The van der Waals surface area contributed by atoms with E-state index in [0.29, 0.717) is 0 Å². The van der Waals surface area contributed by atoms with Crippen molar-refractivity contribution in [3.05, 3.63) is 47.0 Å². The van der Waals surface area contributed by atoms with E-state index in [0.717, 1.165) is 42.4 Å². The highest BCUT2D eigenvalue weighted by Gasteiger charge is 2.54. The van der Waals surface area contributed by atoms with Crippen LogP contribution in [0.15, 0.2) is 41.4 Å². The number of likely N-dealkylation sites (tertiary alicyclic amines) is 1. The molecule has 2 aliphatic rings. The Morgan fingerprint density at radius 3 is 2.82 bits per heavy atom. The summed E-state index contributed by atoms with van der Waals surface area (Å²) in [5.41, 5.74) is 0.821. The third-order valence-corrected chi connectivity index (χ3v) is 5.50. The molecule has 2 aromatic rings. The summed E-state index contributed by atoms with van der Waals surface area (Å²) in [7, 11) is 0. The van der Waals surface area contributed by atoms with Crippen molar-refractivity contribution in [1.29, 1.82) is 0 Å². The summed E-state index contributed by atoms with van der Waals surface area (Å²) in [6.45, 7) is 1.53. The molecule has 6 heteroatoms. The van der Waals surface area contributed by atoms with Gasteiger partial charge in [0.1, 0.15) is 12.7 Å². The molecule has 114 valence electrons. The van der Waals surface area contributed by atoms with E-state index in [1.807, 2.05) is 27.8 Å². The van der Waals surface area contributed by atoms with E-state index in [-0.39, 0.29) is 17.4 Å². The molecule has 1 aliphatic heterocycles. The third-order valence-electron chi connectivity index (χ3n) is 4.81. The largest absolute Gasteiger partial charge is 0.340 e. The van der Waals surface area contributed by atoms with Gasteiger partial charge in [-0.25, -0.2) is 9.67 Å². The minimum Gasteiger partial charge on any atom is -0.340 e. The highest BCUT2D eigenvalue weighted by Crippen LogP contribution is 2.52. The summed E-state index contributed by atoms with van der Waals surface area (Å²) < 4.78 is 2.90. The van der Waals surface area contributed by atoms with Gasteiger partial charge in [0.05, 0.1) is 11.5 Å². The van der Waals surface area contributed by atoms with Crippen molar-refractivity contribution in [2.75, 3.05) is 13.1 Å². The molecule has 1 saturated carbocycles. The molecule has 1 amide bonds. The number of benzene rings is 1. The zero-order valence-electron chi connectivity index (χ0n) is 12.2. The Bertz CT molecular complexity index is 696. The monoisotopic (exact) mass is 360 g/mol. The minimum absolute atomic E-state index is 0.251. The van der Waals surface area contributed by atoms with Gasteiger partial charge in [-0.05, 0) is 30.9 Å². The van der Waals surface area contributed by atoms with Crippen LogP contribution in [-0.4, -0.2) is 38.7 Å². The van der Waals surface area contributed by atoms with E-state index >= 15 is 0 Å². The fourth-order valence-corrected chi connectivity index (χ4v) is 4.09. The smallest absolute Gasteiger partial charge is 0.233 e. The average molecular weight is 361 g/mol. The van der Waals surface area contributed by atoms with Crippen molar-refractivity contribution in [2.24, 2.45) is 0 Å². The van der Waals surface area contributed by atoms with Crippen LogP contribution in [0.2, 0.25) is 0 Å². The Morgan fingerprint density at radius 2 is 2.14 bits per heavy atom. The Kier molecular flexibility index (Phi) is 3.29. The number of hydrogen-bond acceptors (Lipinski definition) is 3. The number of carbonyl (C=O) groups excluding carboxylic acids is 1. The summed E-state index contributed by atoms with van der Waals surface area (Å²) >= 11 is 3.60. The van der Waals surface area contributed by atoms with Crippen LogP contribution in [0.1, 0.15) is 30.9 Å². The lowest BCUT2D eigenvalue weighted by Crippen LogP contribution is -2.38. The van der Waals surface area contributed by atoms with Gasteiger partial charge < -0.3 is 4.90 Å². The van der Waals surface area contributed by atoms with Crippen LogP contribution in [0.4, 0.5) is 0 Å². The summed E-state index contributed by atoms with van der Waals surface area (Å²) in [4.78, 5) is 19.1. The Hall–Kier alpha value is -1.69. The van der Waals surface area contributed by atoms with Gasteiger partial charge in [0.15, 0.2) is 0 Å². The number of aromatic nitrogens is 3.